The van der Waals surface area contributed by atoms with Gasteiger partial charge in [0.05, 0.1) is 6.10 Å². The average molecular weight is 276 g/mol. The summed E-state index contributed by atoms with van der Waals surface area (Å²) in [6.45, 7) is 4.51. The molecule has 0 radical (unpaired) electrons. The first-order chi connectivity index (χ1) is 8.58. The van der Waals surface area contributed by atoms with Crippen LogP contribution in [-0.4, -0.2) is 62.9 Å². The largest absolute Gasteiger partial charge is 0.390 e. The van der Waals surface area contributed by atoms with Crippen LogP contribution in [0.25, 0.3) is 0 Å². The van der Waals surface area contributed by atoms with Gasteiger partial charge in [-0.15, -0.1) is 0 Å². The molecule has 104 valence electrons. The van der Waals surface area contributed by atoms with E-state index < -0.39 is 30.5 Å². The third-order valence-corrected chi connectivity index (χ3v) is 4.32. The fraction of sp³-hybridized carbons (Fsp3) is 0.909. The number of aliphatic imine (C=N–C) groups is 1. The highest BCUT2D eigenvalue weighted by molar-refractivity contribution is 8.14. The molecule has 4 N–H and O–H groups in total. The van der Waals surface area contributed by atoms with Crippen LogP contribution in [0.15, 0.2) is 4.99 Å². The summed E-state index contributed by atoms with van der Waals surface area (Å²) in [7, 11) is 0. The maximum atomic E-state index is 10.1. The summed E-state index contributed by atoms with van der Waals surface area (Å²) >= 11 is 1.39. The Kier molecular flexibility index (Phi) is 4.50. The predicted molar refractivity (Wildman–Crippen MR) is 69.5 cm³/mol. The Morgan fingerprint density at radius 1 is 1.39 bits per heavy atom. The van der Waals surface area contributed by atoms with Crippen LogP contribution in [0.4, 0.5) is 0 Å². The Morgan fingerprint density at radius 3 is 2.72 bits per heavy atom. The van der Waals surface area contributed by atoms with Gasteiger partial charge in [0.25, 0.3) is 0 Å². The molecule has 0 aromatic carbocycles. The zero-order valence-electron chi connectivity index (χ0n) is 10.5. The van der Waals surface area contributed by atoms with Gasteiger partial charge in [-0.1, -0.05) is 18.7 Å². The highest BCUT2D eigenvalue weighted by Crippen LogP contribution is 2.36. The van der Waals surface area contributed by atoms with E-state index >= 15 is 0 Å². The molecule has 18 heavy (non-hydrogen) atoms. The molecule has 2 aliphatic heterocycles. The molecule has 0 aromatic heterocycles. The van der Waals surface area contributed by atoms with E-state index in [2.05, 4.69) is 10.3 Å². The molecule has 2 aliphatic rings. The van der Waals surface area contributed by atoms with Gasteiger partial charge < -0.3 is 25.4 Å². The first-order valence-electron chi connectivity index (χ1n) is 6.26. The zero-order valence-corrected chi connectivity index (χ0v) is 11.3. The number of fused-ring (bicyclic) bond motifs is 1. The van der Waals surface area contributed by atoms with Crippen LogP contribution < -0.4 is 5.32 Å². The smallest absolute Gasteiger partial charge is 0.159 e. The fourth-order valence-electron chi connectivity index (χ4n) is 2.17. The van der Waals surface area contributed by atoms with Crippen LogP contribution in [-0.2, 0) is 4.74 Å². The average Bonchev–Trinajstić information content (AvgIpc) is 2.76. The Labute approximate surface area is 110 Å². The van der Waals surface area contributed by atoms with Crippen molar-refractivity contribution >= 4 is 16.9 Å². The maximum Gasteiger partial charge on any atom is 0.159 e. The minimum absolute atomic E-state index is 0.344. The molecule has 0 bridgehead atoms. The third-order valence-electron chi connectivity index (χ3n) is 3.23. The Morgan fingerprint density at radius 2 is 2.11 bits per heavy atom. The molecular formula is C11H20N2O4S. The van der Waals surface area contributed by atoms with Gasteiger partial charge in [-0.2, -0.15) is 0 Å². The predicted octanol–water partition coefficient (Wildman–Crippen LogP) is -0.715. The van der Waals surface area contributed by atoms with Crippen LogP contribution in [0.1, 0.15) is 20.3 Å². The second-order valence-electron chi connectivity index (χ2n) is 4.50. The Balaban J connectivity index is 2.09. The lowest BCUT2D eigenvalue weighted by molar-refractivity contribution is -0.185. The van der Waals surface area contributed by atoms with Crippen molar-refractivity contribution in [2.24, 2.45) is 4.99 Å². The van der Waals surface area contributed by atoms with Crippen LogP contribution in [0.2, 0.25) is 0 Å². The third kappa shape index (κ3) is 2.50. The molecule has 0 spiro atoms. The van der Waals surface area contributed by atoms with E-state index in [0.29, 0.717) is 11.6 Å². The van der Waals surface area contributed by atoms with Gasteiger partial charge in [0.1, 0.15) is 29.8 Å². The van der Waals surface area contributed by atoms with Gasteiger partial charge in [0.15, 0.2) is 5.17 Å². The Hall–Kier alpha value is -0.340. The molecule has 0 saturated carbocycles. The molecule has 0 amide bonds. The van der Waals surface area contributed by atoms with E-state index in [1.165, 1.54) is 11.8 Å². The van der Waals surface area contributed by atoms with Gasteiger partial charge in [-0.05, 0) is 13.3 Å². The van der Waals surface area contributed by atoms with Crippen LogP contribution >= 0.6 is 11.8 Å². The van der Waals surface area contributed by atoms with E-state index in [9.17, 15) is 15.3 Å². The first kappa shape index (κ1) is 14.1. The number of nitrogens with one attached hydrogen (secondary N) is 1. The van der Waals surface area contributed by atoms with Gasteiger partial charge in [0, 0.05) is 6.54 Å². The number of aliphatic hydroxyl groups excluding tert-OH is 3. The number of nitrogens with zero attached hydrogens (tertiary/aromatic N) is 1. The topological polar surface area (TPSA) is 94.3 Å². The normalized spacial score (nSPS) is 41.2. The molecule has 7 heteroatoms. The number of amidine groups is 1. The summed E-state index contributed by atoms with van der Waals surface area (Å²) in [6, 6.07) is -0.473. The molecule has 0 unspecified atom stereocenters. The van der Waals surface area contributed by atoms with E-state index in [1.807, 2.05) is 13.8 Å². The summed E-state index contributed by atoms with van der Waals surface area (Å²) in [5.41, 5.74) is -0.344. The van der Waals surface area contributed by atoms with Crippen molar-refractivity contribution in [3.63, 3.8) is 0 Å². The molecular weight excluding hydrogens is 256 g/mol. The van der Waals surface area contributed by atoms with Crippen molar-refractivity contribution in [1.82, 2.24) is 5.32 Å². The SMILES string of the molecule is CCNC1=N[C@@H]2[C@@H](O)[C@H](O)[C@@H]([C@@H](O)CC)O[C@@H]2S1. The molecule has 1 fully saturated rings. The van der Waals surface area contributed by atoms with E-state index in [1.54, 1.807) is 0 Å². The zero-order chi connectivity index (χ0) is 13.3. The molecule has 6 nitrogen and oxygen atoms in total. The van der Waals surface area contributed by atoms with Crippen LogP contribution in [0, 0.1) is 0 Å². The molecule has 0 aromatic rings. The molecule has 0 aliphatic carbocycles. The number of ether oxygens (including phenoxy) is 1. The highest BCUT2D eigenvalue weighted by atomic mass is 32.2. The quantitative estimate of drug-likeness (QED) is 0.544. The maximum absolute atomic E-state index is 10.1. The molecule has 1 saturated heterocycles. The summed E-state index contributed by atoms with van der Waals surface area (Å²) in [5.74, 6) is 0. The summed E-state index contributed by atoms with van der Waals surface area (Å²) in [4.78, 5) is 4.30. The molecule has 6 atom stereocenters. The van der Waals surface area contributed by atoms with Gasteiger partial charge in [-0.3, -0.25) is 4.99 Å². The lowest BCUT2D eigenvalue weighted by Crippen LogP contribution is -2.58. The molecule has 2 rings (SSSR count). The van der Waals surface area contributed by atoms with Gasteiger partial charge in [-0.25, -0.2) is 0 Å². The highest BCUT2D eigenvalue weighted by Gasteiger charge is 2.49. The number of rotatable bonds is 3. The second-order valence-corrected chi connectivity index (χ2v) is 5.59. The lowest BCUT2D eigenvalue weighted by Gasteiger charge is -2.40. The van der Waals surface area contributed by atoms with Crippen molar-refractivity contribution in [1.29, 1.82) is 0 Å². The second kappa shape index (κ2) is 5.75. The monoisotopic (exact) mass is 276 g/mol. The summed E-state index contributed by atoms with van der Waals surface area (Å²) < 4.78 is 5.67. The number of aliphatic hydroxyl groups is 3. The van der Waals surface area contributed by atoms with Crippen molar-refractivity contribution in [3.05, 3.63) is 0 Å². The van der Waals surface area contributed by atoms with Gasteiger partial charge in [0.2, 0.25) is 0 Å². The minimum atomic E-state index is -1.11. The molecule has 2 heterocycles. The fourth-order valence-corrected chi connectivity index (χ4v) is 3.35. The van der Waals surface area contributed by atoms with Crippen molar-refractivity contribution in [2.45, 2.75) is 56.2 Å². The van der Waals surface area contributed by atoms with Crippen molar-refractivity contribution < 1.29 is 20.1 Å². The number of hydrogen-bond acceptors (Lipinski definition) is 7. The van der Waals surface area contributed by atoms with Crippen molar-refractivity contribution in [2.75, 3.05) is 6.54 Å². The summed E-state index contributed by atoms with van der Waals surface area (Å²) in [6.07, 6.45) is -3.17. The first-order valence-corrected chi connectivity index (χ1v) is 7.14. The van der Waals surface area contributed by atoms with E-state index in [-0.39, 0.29) is 5.44 Å². The van der Waals surface area contributed by atoms with Crippen LogP contribution in [0.3, 0.4) is 0 Å². The number of thioether (sulfide) groups is 1. The Bertz CT molecular complexity index is 328. The summed E-state index contributed by atoms with van der Waals surface area (Å²) in [5, 5.41) is 33.6. The van der Waals surface area contributed by atoms with E-state index in [4.69, 9.17) is 4.74 Å². The lowest BCUT2D eigenvalue weighted by atomic mass is 9.94. The van der Waals surface area contributed by atoms with E-state index in [0.717, 1.165) is 6.54 Å². The van der Waals surface area contributed by atoms with Crippen LogP contribution in [0.5, 0.6) is 0 Å². The van der Waals surface area contributed by atoms with Crippen molar-refractivity contribution in [3.8, 4) is 0 Å². The minimum Gasteiger partial charge on any atom is -0.390 e. The van der Waals surface area contributed by atoms with Gasteiger partial charge >= 0.3 is 0 Å². The number of hydrogen-bond donors (Lipinski definition) is 4. The standard InChI is InChI=1S/C11H20N2O4S/c1-3-5(14)9-8(16)7(15)6-10(17-9)18-11(13-6)12-4-2/h5-10,14-16H,3-4H2,1-2H3,(H,12,13)/t5-,6+,7+,8-,9+,10+/m0/s1.